The lowest BCUT2D eigenvalue weighted by atomic mass is 10.1. The number of sulfone groups is 1. The molecular weight excluding hydrogens is 250 g/mol. The van der Waals surface area contributed by atoms with Crippen LogP contribution in [0.15, 0.2) is 28.0 Å². The first-order valence-electron chi connectivity index (χ1n) is 5.85. The van der Waals surface area contributed by atoms with Crippen molar-refractivity contribution in [2.45, 2.75) is 31.4 Å². The molecule has 1 aromatic carbocycles. The van der Waals surface area contributed by atoms with E-state index in [0.717, 1.165) is 5.56 Å². The Kier molecular flexibility index (Phi) is 3.56. The summed E-state index contributed by atoms with van der Waals surface area (Å²) in [6.07, 6.45) is 1.68. The Morgan fingerprint density at radius 2 is 2.06 bits per heavy atom. The predicted molar refractivity (Wildman–Crippen MR) is 70.6 cm³/mol. The van der Waals surface area contributed by atoms with Crippen molar-refractivity contribution >= 4 is 15.9 Å². The molecule has 0 aromatic heterocycles. The van der Waals surface area contributed by atoms with Gasteiger partial charge in [-0.1, -0.05) is 6.07 Å². The van der Waals surface area contributed by atoms with E-state index < -0.39 is 9.84 Å². The van der Waals surface area contributed by atoms with Crippen LogP contribution in [0, 0.1) is 0 Å². The number of rotatable bonds is 4. The number of fused-ring (bicyclic) bond motifs is 1. The third-order valence-electron chi connectivity index (χ3n) is 2.82. The second kappa shape index (κ2) is 4.84. The van der Waals surface area contributed by atoms with E-state index in [-0.39, 0.29) is 12.7 Å². The molecule has 5 heteroatoms. The van der Waals surface area contributed by atoms with Gasteiger partial charge in [-0.05, 0) is 43.2 Å². The van der Waals surface area contributed by atoms with Gasteiger partial charge in [0.2, 0.25) is 9.84 Å². The standard InChI is InChI=1S/C13H17NO3S/c1-9(2)17-8-12-6-11-5-10(7-14)3-4-13(11)18(12,15)16/h3-6,9H,7-8,14H2,1-2H3. The fourth-order valence-electron chi connectivity index (χ4n) is 1.84. The molecule has 0 saturated heterocycles. The lowest BCUT2D eigenvalue weighted by molar-refractivity contribution is 0.101. The highest BCUT2D eigenvalue weighted by atomic mass is 32.2. The lowest BCUT2D eigenvalue weighted by Gasteiger charge is -2.08. The summed E-state index contributed by atoms with van der Waals surface area (Å²) in [7, 11) is -3.37. The Balaban J connectivity index is 2.36. The molecular formula is C13H17NO3S. The highest BCUT2D eigenvalue weighted by molar-refractivity contribution is 7.95. The summed E-state index contributed by atoms with van der Waals surface area (Å²) in [5, 5.41) is 0. The maximum Gasteiger partial charge on any atom is 0.205 e. The van der Waals surface area contributed by atoms with Crippen LogP contribution in [0.5, 0.6) is 0 Å². The van der Waals surface area contributed by atoms with Gasteiger partial charge in [-0.2, -0.15) is 0 Å². The Morgan fingerprint density at radius 3 is 2.67 bits per heavy atom. The molecule has 1 aromatic rings. The summed E-state index contributed by atoms with van der Waals surface area (Å²) in [5.41, 5.74) is 7.18. The molecule has 2 N–H and O–H groups in total. The molecule has 0 radical (unpaired) electrons. The Hall–Kier alpha value is -1.17. The van der Waals surface area contributed by atoms with E-state index in [0.29, 0.717) is 21.9 Å². The molecule has 1 heterocycles. The van der Waals surface area contributed by atoms with E-state index in [1.807, 2.05) is 19.9 Å². The molecule has 1 aliphatic rings. The third-order valence-corrected chi connectivity index (χ3v) is 4.70. The van der Waals surface area contributed by atoms with Crippen LogP contribution in [-0.4, -0.2) is 21.1 Å². The zero-order valence-electron chi connectivity index (χ0n) is 10.5. The molecule has 0 saturated carbocycles. The van der Waals surface area contributed by atoms with Gasteiger partial charge in [-0.15, -0.1) is 0 Å². The van der Waals surface area contributed by atoms with E-state index in [2.05, 4.69) is 0 Å². The molecule has 2 rings (SSSR count). The zero-order valence-corrected chi connectivity index (χ0v) is 11.3. The molecule has 0 aliphatic carbocycles. The number of hydrogen-bond acceptors (Lipinski definition) is 4. The summed E-state index contributed by atoms with van der Waals surface area (Å²) < 4.78 is 29.8. The van der Waals surface area contributed by atoms with Gasteiger partial charge in [0.05, 0.1) is 22.5 Å². The normalized spacial score (nSPS) is 16.8. The SMILES string of the molecule is CC(C)OCC1=Cc2cc(CN)ccc2S1(=O)=O. The quantitative estimate of drug-likeness (QED) is 0.901. The molecule has 4 nitrogen and oxygen atoms in total. The van der Waals surface area contributed by atoms with Gasteiger partial charge >= 0.3 is 0 Å². The van der Waals surface area contributed by atoms with Gasteiger partial charge in [0.25, 0.3) is 0 Å². The minimum absolute atomic E-state index is 0.00409. The lowest BCUT2D eigenvalue weighted by Crippen LogP contribution is -2.11. The summed E-state index contributed by atoms with van der Waals surface area (Å²) >= 11 is 0. The molecule has 0 bridgehead atoms. The zero-order chi connectivity index (χ0) is 13.3. The summed E-state index contributed by atoms with van der Waals surface area (Å²) in [6.45, 7) is 4.27. The topological polar surface area (TPSA) is 69.4 Å². The molecule has 0 unspecified atom stereocenters. The number of ether oxygens (including phenoxy) is 1. The third kappa shape index (κ3) is 2.34. The smallest absolute Gasteiger partial charge is 0.205 e. The van der Waals surface area contributed by atoms with Crippen molar-refractivity contribution in [2.24, 2.45) is 5.73 Å². The van der Waals surface area contributed by atoms with Crippen LogP contribution in [0.4, 0.5) is 0 Å². The molecule has 0 amide bonds. The van der Waals surface area contributed by atoms with Gasteiger partial charge in [0.15, 0.2) is 0 Å². The van der Waals surface area contributed by atoms with Crippen molar-refractivity contribution < 1.29 is 13.2 Å². The van der Waals surface area contributed by atoms with Crippen LogP contribution in [-0.2, 0) is 21.1 Å². The first-order chi connectivity index (χ1) is 8.45. The monoisotopic (exact) mass is 267 g/mol. The maximum atomic E-state index is 12.2. The van der Waals surface area contributed by atoms with Gasteiger partial charge < -0.3 is 10.5 Å². The van der Waals surface area contributed by atoms with Crippen LogP contribution < -0.4 is 5.73 Å². The average Bonchev–Trinajstić information content (AvgIpc) is 2.57. The predicted octanol–water partition coefficient (Wildman–Crippen LogP) is 1.70. The molecule has 1 aliphatic heterocycles. The molecule has 0 fully saturated rings. The van der Waals surface area contributed by atoms with Crippen molar-refractivity contribution in [1.29, 1.82) is 0 Å². The fraction of sp³-hybridized carbons (Fsp3) is 0.385. The van der Waals surface area contributed by atoms with E-state index in [1.165, 1.54) is 0 Å². The molecule has 98 valence electrons. The Labute approximate surface area is 107 Å². The van der Waals surface area contributed by atoms with E-state index >= 15 is 0 Å². The highest BCUT2D eigenvalue weighted by Gasteiger charge is 2.29. The van der Waals surface area contributed by atoms with Gasteiger partial charge in [-0.25, -0.2) is 8.42 Å². The van der Waals surface area contributed by atoms with Crippen molar-refractivity contribution in [3.63, 3.8) is 0 Å². The van der Waals surface area contributed by atoms with Crippen LogP contribution in [0.2, 0.25) is 0 Å². The number of hydrogen-bond donors (Lipinski definition) is 1. The molecule has 0 spiro atoms. The first-order valence-corrected chi connectivity index (χ1v) is 7.33. The second-order valence-corrected chi connectivity index (χ2v) is 6.52. The Morgan fingerprint density at radius 1 is 1.33 bits per heavy atom. The van der Waals surface area contributed by atoms with Crippen LogP contribution in [0.25, 0.3) is 6.08 Å². The first kappa shape index (κ1) is 13.3. The number of benzene rings is 1. The fourth-order valence-corrected chi connectivity index (χ4v) is 3.31. The van der Waals surface area contributed by atoms with Crippen molar-refractivity contribution in [1.82, 2.24) is 0 Å². The maximum absolute atomic E-state index is 12.2. The largest absolute Gasteiger partial charge is 0.373 e. The highest BCUT2D eigenvalue weighted by Crippen LogP contribution is 2.33. The average molecular weight is 267 g/mol. The van der Waals surface area contributed by atoms with E-state index in [1.54, 1.807) is 18.2 Å². The summed E-state index contributed by atoms with van der Waals surface area (Å²) in [5.74, 6) is 0. The summed E-state index contributed by atoms with van der Waals surface area (Å²) in [6, 6.07) is 5.18. The van der Waals surface area contributed by atoms with Crippen LogP contribution in [0.1, 0.15) is 25.0 Å². The van der Waals surface area contributed by atoms with E-state index in [4.69, 9.17) is 10.5 Å². The van der Waals surface area contributed by atoms with Crippen molar-refractivity contribution in [3.05, 3.63) is 34.2 Å². The van der Waals surface area contributed by atoms with Gasteiger partial charge in [0.1, 0.15) is 0 Å². The Bertz CT molecular complexity index is 588. The van der Waals surface area contributed by atoms with E-state index in [9.17, 15) is 8.42 Å². The van der Waals surface area contributed by atoms with Gasteiger partial charge in [-0.3, -0.25) is 0 Å². The van der Waals surface area contributed by atoms with Crippen LogP contribution in [0.3, 0.4) is 0 Å². The van der Waals surface area contributed by atoms with Crippen molar-refractivity contribution in [2.75, 3.05) is 6.61 Å². The van der Waals surface area contributed by atoms with Crippen molar-refractivity contribution in [3.8, 4) is 0 Å². The van der Waals surface area contributed by atoms with Gasteiger partial charge in [0, 0.05) is 6.54 Å². The molecule has 18 heavy (non-hydrogen) atoms. The second-order valence-electron chi connectivity index (χ2n) is 4.55. The van der Waals surface area contributed by atoms with Crippen LogP contribution >= 0.6 is 0 Å². The molecule has 0 atom stereocenters. The summed E-state index contributed by atoms with van der Waals surface area (Å²) in [4.78, 5) is 0.669. The minimum Gasteiger partial charge on any atom is -0.373 e. The minimum atomic E-state index is -3.37. The number of nitrogens with two attached hydrogens (primary N) is 1.